The number of carbonyl (C=O) groups is 1. The topological polar surface area (TPSA) is 112 Å². The molecule has 2 aromatic carbocycles. The number of benzene rings is 2. The van der Waals surface area contributed by atoms with Crippen molar-refractivity contribution in [1.82, 2.24) is 9.78 Å². The van der Waals surface area contributed by atoms with Gasteiger partial charge in [-0.3, -0.25) is 19.6 Å². The molecule has 4 aromatic rings. The molecule has 0 spiro atoms. The maximum atomic E-state index is 12.6. The molecule has 0 saturated carbocycles. The molecule has 1 amide bonds. The quantitative estimate of drug-likeness (QED) is 0.221. The van der Waals surface area contributed by atoms with Gasteiger partial charge in [-0.1, -0.05) is 35.3 Å². The molecule has 0 aliphatic carbocycles. The highest BCUT2D eigenvalue weighted by Gasteiger charge is 2.18. The zero-order valence-corrected chi connectivity index (χ0v) is 20.3. The first kappa shape index (κ1) is 24.3. The molecule has 0 radical (unpaired) electrons. The summed E-state index contributed by atoms with van der Waals surface area (Å²) in [6.45, 7) is 3.95. The van der Waals surface area contributed by atoms with Crippen LogP contribution in [0.4, 0.5) is 11.5 Å². The van der Waals surface area contributed by atoms with Crippen molar-refractivity contribution >= 4 is 40.6 Å². The van der Waals surface area contributed by atoms with Crippen LogP contribution in [0.1, 0.15) is 33.1 Å². The molecule has 11 heteroatoms. The van der Waals surface area contributed by atoms with E-state index in [1.165, 1.54) is 18.2 Å². The average Bonchev–Trinajstić information content (AvgIpc) is 3.41. The third kappa shape index (κ3) is 5.82. The third-order valence-corrected chi connectivity index (χ3v) is 5.71. The van der Waals surface area contributed by atoms with Crippen molar-refractivity contribution in [2.24, 2.45) is 0 Å². The minimum Gasteiger partial charge on any atom is -0.479 e. The number of rotatable bonds is 8. The second-order valence-corrected chi connectivity index (χ2v) is 8.65. The number of hydrogen-bond acceptors (Lipinski definition) is 6. The molecule has 0 unspecified atom stereocenters. The lowest BCUT2D eigenvalue weighted by atomic mass is 10.2. The van der Waals surface area contributed by atoms with Gasteiger partial charge < -0.3 is 14.5 Å². The molecule has 0 fully saturated rings. The Hall–Kier alpha value is -3.82. The summed E-state index contributed by atoms with van der Waals surface area (Å²) in [6, 6.07) is 14.7. The molecule has 9 nitrogen and oxygen atoms in total. The van der Waals surface area contributed by atoms with Gasteiger partial charge in [0.15, 0.2) is 17.3 Å². The van der Waals surface area contributed by atoms with E-state index < -0.39 is 10.8 Å². The van der Waals surface area contributed by atoms with Crippen molar-refractivity contribution in [3.8, 4) is 5.75 Å². The number of aryl methyl sites for hydroxylation is 2. The van der Waals surface area contributed by atoms with E-state index in [1.54, 1.807) is 41.9 Å². The van der Waals surface area contributed by atoms with Crippen molar-refractivity contribution in [3.63, 3.8) is 0 Å². The van der Waals surface area contributed by atoms with Crippen LogP contribution in [0.5, 0.6) is 5.75 Å². The van der Waals surface area contributed by atoms with Gasteiger partial charge in [0.1, 0.15) is 12.4 Å². The second-order valence-electron chi connectivity index (χ2n) is 7.80. The first-order chi connectivity index (χ1) is 16.7. The molecule has 0 atom stereocenters. The fourth-order valence-electron chi connectivity index (χ4n) is 3.34. The minimum absolute atomic E-state index is 0.0509. The van der Waals surface area contributed by atoms with Gasteiger partial charge in [-0.2, -0.15) is 5.10 Å². The van der Waals surface area contributed by atoms with Crippen LogP contribution < -0.4 is 10.1 Å². The smallest absolute Gasteiger partial charge is 0.311 e. The van der Waals surface area contributed by atoms with E-state index in [0.29, 0.717) is 28.2 Å². The predicted molar refractivity (Wildman–Crippen MR) is 131 cm³/mol. The first-order valence-corrected chi connectivity index (χ1v) is 11.2. The Balaban J connectivity index is 1.40. The lowest BCUT2D eigenvalue weighted by molar-refractivity contribution is -0.386. The van der Waals surface area contributed by atoms with Gasteiger partial charge in [-0.05, 0) is 55.3 Å². The molecular formula is C24H20Cl2N4O5. The van der Waals surface area contributed by atoms with Crippen molar-refractivity contribution < 1.29 is 18.9 Å². The van der Waals surface area contributed by atoms with E-state index in [-0.39, 0.29) is 23.8 Å². The summed E-state index contributed by atoms with van der Waals surface area (Å²) in [6.07, 6.45) is 0. The number of furan rings is 1. The summed E-state index contributed by atoms with van der Waals surface area (Å²) in [5, 5.41) is 19.4. The molecule has 0 bridgehead atoms. The van der Waals surface area contributed by atoms with E-state index in [1.807, 2.05) is 13.0 Å². The van der Waals surface area contributed by atoms with E-state index in [0.717, 1.165) is 16.8 Å². The highest BCUT2D eigenvalue weighted by atomic mass is 35.5. The van der Waals surface area contributed by atoms with Crippen molar-refractivity contribution in [1.29, 1.82) is 0 Å². The zero-order chi connectivity index (χ0) is 25.1. The van der Waals surface area contributed by atoms with Gasteiger partial charge in [0.05, 0.1) is 11.5 Å². The number of halogens is 2. The highest BCUT2D eigenvalue weighted by Crippen LogP contribution is 2.29. The number of nitrogens with one attached hydrogen (secondary N) is 1. The summed E-state index contributed by atoms with van der Waals surface area (Å²) in [5.41, 5.74) is 2.26. The summed E-state index contributed by atoms with van der Waals surface area (Å²) in [7, 11) is 0. The molecule has 4 rings (SSSR count). The van der Waals surface area contributed by atoms with Gasteiger partial charge in [0.25, 0.3) is 5.91 Å². The molecule has 0 aliphatic rings. The van der Waals surface area contributed by atoms with Crippen molar-refractivity contribution in [2.75, 3.05) is 5.32 Å². The van der Waals surface area contributed by atoms with Crippen LogP contribution in [0.2, 0.25) is 10.0 Å². The average molecular weight is 515 g/mol. The molecule has 35 heavy (non-hydrogen) atoms. The Morgan fingerprint density at radius 3 is 2.69 bits per heavy atom. The van der Waals surface area contributed by atoms with Crippen LogP contribution >= 0.6 is 23.2 Å². The lowest BCUT2D eigenvalue weighted by Gasteiger charge is -2.07. The normalized spacial score (nSPS) is 10.9. The van der Waals surface area contributed by atoms with E-state index >= 15 is 0 Å². The maximum Gasteiger partial charge on any atom is 0.311 e. The summed E-state index contributed by atoms with van der Waals surface area (Å²) >= 11 is 12.2. The molecular weight excluding hydrogens is 495 g/mol. The van der Waals surface area contributed by atoms with Gasteiger partial charge >= 0.3 is 5.69 Å². The molecule has 2 aromatic heterocycles. The summed E-state index contributed by atoms with van der Waals surface area (Å²) in [4.78, 5) is 23.4. The molecule has 0 aliphatic heterocycles. The summed E-state index contributed by atoms with van der Waals surface area (Å²) in [5.74, 6) is 0.359. The van der Waals surface area contributed by atoms with Crippen molar-refractivity contribution in [3.05, 3.63) is 103 Å². The predicted octanol–water partition coefficient (Wildman–Crippen LogP) is 6.19. The van der Waals surface area contributed by atoms with Gasteiger partial charge in [-0.15, -0.1) is 0 Å². The third-order valence-electron chi connectivity index (χ3n) is 5.12. The summed E-state index contributed by atoms with van der Waals surface area (Å²) < 4.78 is 12.8. The Bertz CT molecular complexity index is 1410. The molecule has 1 N–H and O–H groups in total. The Morgan fingerprint density at radius 2 is 1.94 bits per heavy atom. The highest BCUT2D eigenvalue weighted by molar-refractivity contribution is 6.35. The fraction of sp³-hybridized carbons (Fsp3) is 0.167. The van der Waals surface area contributed by atoms with Gasteiger partial charge in [-0.25, -0.2) is 0 Å². The monoisotopic (exact) mass is 514 g/mol. The van der Waals surface area contributed by atoms with Crippen LogP contribution in [-0.2, 0) is 13.2 Å². The number of nitro benzene ring substituents is 1. The van der Waals surface area contributed by atoms with Crippen LogP contribution in [0, 0.1) is 24.0 Å². The van der Waals surface area contributed by atoms with E-state index in [9.17, 15) is 14.9 Å². The van der Waals surface area contributed by atoms with Crippen molar-refractivity contribution in [2.45, 2.75) is 27.0 Å². The SMILES string of the molecule is Cc1ccc(OCc2ccc(C(=O)Nc3cc(C)n(Cc4ccc(Cl)cc4Cl)n3)o2)c([N+](=O)[O-])c1. The zero-order valence-electron chi connectivity index (χ0n) is 18.7. The Kier molecular flexibility index (Phi) is 7.09. The van der Waals surface area contributed by atoms with Gasteiger partial charge in [0, 0.05) is 27.9 Å². The van der Waals surface area contributed by atoms with Crippen LogP contribution in [0.25, 0.3) is 0 Å². The number of aromatic nitrogens is 2. The standard InChI is InChI=1S/C24H20Cl2N4O5/c1-14-3-7-21(20(9-14)30(32)33)34-13-18-6-8-22(35-18)24(31)27-23-10-15(2)29(28-23)12-16-4-5-17(25)11-19(16)26/h3-11H,12-13H2,1-2H3,(H,27,28,31). The molecule has 0 saturated heterocycles. The fourth-order valence-corrected chi connectivity index (χ4v) is 3.81. The number of nitrogens with zero attached hydrogens (tertiary/aromatic N) is 3. The molecule has 2 heterocycles. The minimum atomic E-state index is -0.509. The number of ether oxygens (including phenoxy) is 1. The second kappa shape index (κ2) is 10.2. The Labute approximate surface area is 210 Å². The lowest BCUT2D eigenvalue weighted by Crippen LogP contribution is -2.12. The van der Waals surface area contributed by atoms with Crippen LogP contribution in [0.3, 0.4) is 0 Å². The largest absolute Gasteiger partial charge is 0.479 e. The Morgan fingerprint density at radius 1 is 1.14 bits per heavy atom. The molecule has 180 valence electrons. The number of amides is 1. The first-order valence-electron chi connectivity index (χ1n) is 10.5. The van der Waals surface area contributed by atoms with Crippen LogP contribution in [0.15, 0.2) is 59.0 Å². The van der Waals surface area contributed by atoms with Gasteiger partial charge in [0.2, 0.25) is 0 Å². The number of carbonyl (C=O) groups excluding carboxylic acids is 1. The van der Waals surface area contributed by atoms with Crippen LogP contribution in [-0.4, -0.2) is 20.6 Å². The maximum absolute atomic E-state index is 12.6. The number of anilines is 1. The van der Waals surface area contributed by atoms with E-state index in [2.05, 4.69) is 10.4 Å². The number of hydrogen-bond donors (Lipinski definition) is 1. The van der Waals surface area contributed by atoms with E-state index in [4.69, 9.17) is 32.4 Å². The number of nitro groups is 1.